The van der Waals surface area contributed by atoms with Crippen LogP contribution in [0.25, 0.3) is 6.08 Å². The molecule has 4 nitrogen and oxygen atoms in total. The predicted molar refractivity (Wildman–Crippen MR) is 111 cm³/mol. The Morgan fingerprint density at radius 1 is 1.14 bits per heavy atom. The summed E-state index contributed by atoms with van der Waals surface area (Å²) in [7, 11) is 0. The average molecular weight is 400 g/mol. The van der Waals surface area contributed by atoms with Crippen LogP contribution in [-0.2, 0) is 9.53 Å². The number of anilines is 1. The summed E-state index contributed by atoms with van der Waals surface area (Å²) < 4.78 is 32.0. The van der Waals surface area contributed by atoms with E-state index in [1.807, 2.05) is 19.1 Å². The van der Waals surface area contributed by atoms with Gasteiger partial charge in [0.05, 0.1) is 18.2 Å². The van der Waals surface area contributed by atoms with Gasteiger partial charge in [0.15, 0.2) is 11.6 Å². The van der Waals surface area contributed by atoms with Crippen LogP contribution in [-0.4, -0.2) is 31.2 Å². The maximum atomic E-state index is 13.3. The van der Waals surface area contributed by atoms with E-state index in [0.29, 0.717) is 5.56 Å². The Kier molecular flexibility index (Phi) is 6.64. The molecule has 1 unspecified atom stereocenters. The first kappa shape index (κ1) is 21.0. The number of rotatable bonds is 5. The number of benzene rings is 2. The van der Waals surface area contributed by atoms with Crippen LogP contribution < -0.4 is 10.2 Å². The second kappa shape index (κ2) is 9.18. The molecule has 1 saturated heterocycles. The lowest BCUT2D eigenvalue weighted by molar-refractivity contribution is -0.117. The molecule has 1 heterocycles. The molecule has 0 radical (unpaired) electrons. The SMILES string of the molecule is CC(NC(=O)/C=C/c1ccc(F)c(F)c1)c1cccc(N2C[C@@H](C)O[C@@H](C)C2)c1. The van der Waals surface area contributed by atoms with Gasteiger partial charge in [0.1, 0.15) is 0 Å². The highest BCUT2D eigenvalue weighted by Gasteiger charge is 2.22. The summed E-state index contributed by atoms with van der Waals surface area (Å²) in [4.78, 5) is 14.5. The highest BCUT2D eigenvalue weighted by molar-refractivity contribution is 5.92. The fraction of sp³-hybridized carbons (Fsp3) is 0.348. The number of halogens is 2. The number of carbonyl (C=O) groups excluding carboxylic acids is 1. The first-order chi connectivity index (χ1) is 13.8. The van der Waals surface area contributed by atoms with Gasteiger partial charge in [0, 0.05) is 24.9 Å². The third kappa shape index (κ3) is 5.64. The third-order valence-corrected chi connectivity index (χ3v) is 4.88. The standard InChI is InChI=1S/C23H26F2N2O2/c1-15-13-27(14-16(2)29-15)20-6-4-5-19(12-20)17(3)26-23(28)10-8-18-7-9-21(24)22(25)11-18/h4-12,15-17H,13-14H2,1-3H3,(H,26,28)/b10-8+/t15-,16+,17?. The quantitative estimate of drug-likeness (QED) is 0.753. The molecule has 1 N–H and O–H groups in total. The van der Waals surface area contributed by atoms with E-state index in [1.54, 1.807) is 0 Å². The molecule has 3 rings (SSSR count). The minimum atomic E-state index is -0.940. The molecule has 1 aliphatic heterocycles. The van der Waals surface area contributed by atoms with Crippen LogP contribution in [0.4, 0.5) is 14.5 Å². The largest absolute Gasteiger partial charge is 0.372 e. The van der Waals surface area contributed by atoms with E-state index in [2.05, 4.69) is 36.2 Å². The van der Waals surface area contributed by atoms with Gasteiger partial charge in [-0.15, -0.1) is 0 Å². The lowest BCUT2D eigenvalue weighted by Gasteiger charge is -2.37. The number of nitrogens with one attached hydrogen (secondary N) is 1. The second-order valence-electron chi connectivity index (χ2n) is 7.49. The third-order valence-electron chi connectivity index (χ3n) is 4.88. The van der Waals surface area contributed by atoms with Crippen LogP contribution in [0, 0.1) is 11.6 Å². The van der Waals surface area contributed by atoms with E-state index in [-0.39, 0.29) is 24.2 Å². The Hall–Kier alpha value is -2.73. The summed E-state index contributed by atoms with van der Waals surface area (Å²) in [6, 6.07) is 11.4. The fourth-order valence-corrected chi connectivity index (χ4v) is 3.51. The van der Waals surface area contributed by atoms with Gasteiger partial charge >= 0.3 is 0 Å². The van der Waals surface area contributed by atoms with E-state index in [0.717, 1.165) is 36.5 Å². The number of hydrogen-bond acceptors (Lipinski definition) is 3. The van der Waals surface area contributed by atoms with E-state index in [9.17, 15) is 13.6 Å². The Morgan fingerprint density at radius 3 is 2.55 bits per heavy atom. The Bertz CT molecular complexity index is 890. The number of carbonyl (C=O) groups is 1. The molecule has 0 aliphatic carbocycles. The summed E-state index contributed by atoms with van der Waals surface area (Å²) in [5.41, 5.74) is 2.51. The van der Waals surface area contributed by atoms with E-state index in [4.69, 9.17) is 4.74 Å². The Balaban J connectivity index is 1.64. The zero-order valence-corrected chi connectivity index (χ0v) is 16.9. The minimum absolute atomic E-state index is 0.168. The maximum Gasteiger partial charge on any atom is 0.244 e. The molecular weight excluding hydrogens is 374 g/mol. The maximum absolute atomic E-state index is 13.3. The summed E-state index contributed by atoms with van der Waals surface area (Å²) in [6.07, 6.45) is 3.11. The molecule has 2 aromatic rings. The molecule has 1 fully saturated rings. The summed E-state index contributed by atoms with van der Waals surface area (Å²) in [5.74, 6) is -2.16. The highest BCUT2D eigenvalue weighted by atomic mass is 19.2. The van der Waals surface area contributed by atoms with Crippen LogP contribution in [0.2, 0.25) is 0 Å². The zero-order chi connectivity index (χ0) is 21.0. The molecule has 1 aliphatic rings. The molecule has 6 heteroatoms. The number of morpholine rings is 1. The van der Waals surface area contributed by atoms with Crippen LogP contribution in [0.1, 0.15) is 37.9 Å². The monoisotopic (exact) mass is 400 g/mol. The van der Waals surface area contributed by atoms with Gasteiger partial charge in [-0.05, 0) is 62.2 Å². The van der Waals surface area contributed by atoms with E-state index in [1.165, 1.54) is 18.2 Å². The molecular formula is C23H26F2N2O2. The average Bonchev–Trinajstić information content (AvgIpc) is 2.68. The van der Waals surface area contributed by atoms with Gasteiger partial charge in [-0.2, -0.15) is 0 Å². The normalized spacial score (nSPS) is 20.7. The lowest BCUT2D eigenvalue weighted by atomic mass is 10.1. The van der Waals surface area contributed by atoms with Gasteiger partial charge < -0.3 is 15.0 Å². The van der Waals surface area contributed by atoms with Crippen molar-refractivity contribution in [2.75, 3.05) is 18.0 Å². The Morgan fingerprint density at radius 2 is 1.86 bits per heavy atom. The number of amides is 1. The molecule has 0 spiro atoms. The van der Waals surface area contributed by atoms with Gasteiger partial charge in [-0.25, -0.2) is 8.78 Å². The van der Waals surface area contributed by atoms with Crippen molar-refractivity contribution < 1.29 is 18.3 Å². The van der Waals surface area contributed by atoms with Crippen molar-refractivity contribution in [1.29, 1.82) is 0 Å². The first-order valence-corrected chi connectivity index (χ1v) is 9.76. The van der Waals surface area contributed by atoms with Gasteiger partial charge in [0.25, 0.3) is 0 Å². The van der Waals surface area contributed by atoms with Crippen LogP contribution in [0.5, 0.6) is 0 Å². The van der Waals surface area contributed by atoms with E-state index < -0.39 is 11.6 Å². The molecule has 2 aromatic carbocycles. The highest BCUT2D eigenvalue weighted by Crippen LogP contribution is 2.24. The molecule has 0 saturated carbocycles. The van der Waals surface area contributed by atoms with Gasteiger partial charge in [-0.3, -0.25) is 4.79 Å². The topological polar surface area (TPSA) is 41.6 Å². The molecule has 3 atom stereocenters. The van der Waals surface area contributed by atoms with Crippen molar-refractivity contribution >= 4 is 17.7 Å². The van der Waals surface area contributed by atoms with Crippen LogP contribution in [0.3, 0.4) is 0 Å². The molecule has 29 heavy (non-hydrogen) atoms. The molecule has 1 amide bonds. The van der Waals surface area contributed by atoms with Crippen molar-refractivity contribution in [3.63, 3.8) is 0 Å². The van der Waals surface area contributed by atoms with E-state index >= 15 is 0 Å². The van der Waals surface area contributed by atoms with Crippen LogP contribution in [0.15, 0.2) is 48.5 Å². The fourth-order valence-electron chi connectivity index (χ4n) is 3.51. The molecule has 0 bridgehead atoms. The summed E-state index contributed by atoms with van der Waals surface area (Å²) >= 11 is 0. The van der Waals surface area contributed by atoms with Crippen molar-refractivity contribution in [2.24, 2.45) is 0 Å². The molecule has 0 aromatic heterocycles. The van der Waals surface area contributed by atoms with Crippen molar-refractivity contribution in [3.05, 3.63) is 71.3 Å². The van der Waals surface area contributed by atoms with Crippen molar-refractivity contribution in [3.8, 4) is 0 Å². The Labute approximate surface area is 170 Å². The number of hydrogen-bond donors (Lipinski definition) is 1. The summed E-state index contributed by atoms with van der Waals surface area (Å²) in [5, 5.41) is 2.90. The van der Waals surface area contributed by atoms with Crippen molar-refractivity contribution in [1.82, 2.24) is 5.32 Å². The van der Waals surface area contributed by atoms with Crippen LogP contribution >= 0.6 is 0 Å². The smallest absolute Gasteiger partial charge is 0.244 e. The lowest BCUT2D eigenvalue weighted by Crippen LogP contribution is -2.45. The molecule has 154 valence electrons. The summed E-state index contributed by atoms with van der Waals surface area (Å²) in [6.45, 7) is 7.69. The van der Waals surface area contributed by atoms with Gasteiger partial charge in [0.2, 0.25) is 5.91 Å². The van der Waals surface area contributed by atoms with Gasteiger partial charge in [-0.1, -0.05) is 18.2 Å². The minimum Gasteiger partial charge on any atom is -0.372 e. The first-order valence-electron chi connectivity index (χ1n) is 9.76. The number of nitrogens with zero attached hydrogens (tertiary/aromatic N) is 1. The number of ether oxygens (including phenoxy) is 1. The predicted octanol–water partition coefficient (Wildman–Crippen LogP) is 4.47. The second-order valence-corrected chi connectivity index (χ2v) is 7.49. The zero-order valence-electron chi connectivity index (χ0n) is 16.9. The van der Waals surface area contributed by atoms with Crippen molar-refractivity contribution in [2.45, 2.75) is 39.0 Å².